The van der Waals surface area contributed by atoms with Gasteiger partial charge in [0.05, 0.1) is 62.5 Å². The van der Waals surface area contributed by atoms with E-state index in [4.69, 9.17) is 24.1 Å². The molecule has 2 aromatic carbocycles. The number of benzene rings is 2. The lowest BCUT2D eigenvalue weighted by molar-refractivity contribution is -0.385. The van der Waals surface area contributed by atoms with Crippen molar-refractivity contribution in [1.82, 2.24) is 5.32 Å². The minimum atomic E-state index is -1.37. The molecule has 2 rings (SSSR count). The summed E-state index contributed by atoms with van der Waals surface area (Å²) < 4.78 is 23.8. The van der Waals surface area contributed by atoms with Gasteiger partial charge in [0.2, 0.25) is 0 Å². The number of esters is 1. The fraction of sp³-hybridized carbons (Fsp3) is 0.250. The lowest BCUT2D eigenvalue weighted by Crippen LogP contribution is -2.20. The number of nitrogens with one attached hydrogen (secondary N) is 1. The highest BCUT2D eigenvalue weighted by Crippen LogP contribution is 2.35. The number of amides is 2. The SMILES string of the molecule is COc1cc(C(=O)OC(N)=O)c([N+](=O)[O-])cc1OC.COc1cc(CNC(=O)O)c([N+](=O)[O-])cc1OC. The van der Waals surface area contributed by atoms with E-state index in [0.29, 0.717) is 5.75 Å². The molecule has 17 heteroatoms. The van der Waals surface area contributed by atoms with Gasteiger partial charge in [0, 0.05) is 6.07 Å². The Morgan fingerprint density at radius 1 is 0.838 bits per heavy atom. The molecule has 0 aliphatic heterocycles. The molecule has 0 saturated heterocycles. The second kappa shape index (κ2) is 13.5. The normalized spacial score (nSPS) is 9.62. The van der Waals surface area contributed by atoms with Crippen molar-refractivity contribution in [3.63, 3.8) is 0 Å². The quantitative estimate of drug-likeness (QED) is 0.184. The van der Waals surface area contributed by atoms with Gasteiger partial charge in [-0.05, 0) is 6.07 Å². The maximum atomic E-state index is 11.5. The number of primary amides is 1. The molecular weight excluding hydrogens is 504 g/mol. The van der Waals surface area contributed by atoms with Crippen LogP contribution in [0.3, 0.4) is 0 Å². The second-order valence-corrected chi connectivity index (χ2v) is 6.44. The first kappa shape index (κ1) is 29.7. The van der Waals surface area contributed by atoms with E-state index in [1.54, 1.807) is 0 Å². The van der Waals surface area contributed by atoms with Crippen LogP contribution in [0, 0.1) is 20.2 Å². The van der Waals surface area contributed by atoms with Gasteiger partial charge in [0.1, 0.15) is 5.56 Å². The standard InChI is InChI=1S/C10H10N2O7.C10H12N2O6/c1-17-7-3-5(9(13)19-10(11)14)6(12(15)16)4-8(7)18-2;1-17-8-3-6(5-11-10(13)14)7(12(15)16)4-9(8)18-2/h3-4H,1-2H3,(H2,11,14);3-4,11H,5H2,1-2H3,(H,13,14). The molecule has 0 radical (unpaired) electrons. The van der Waals surface area contributed by atoms with Crippen LogP contribution in [0.1, 0.15) is 15.9 Å². The molecule has 17 nitrogen and oxygen atoms in total. The summed E-state index contributed by atoms with van der Waals surface area (Å²) >= 11 is 0. The first-order valence-electron chi connectivity index (χ1n) is 9.68. The van der Waals surface area contributed by atoms with Gasteiger partial charge in [0.25, 0.3) is 11.4 Å². The fourth-order valence-corrected chi connectivity index (χ4v) is 2.72. The largest absolute Gasteiger partial charge is 0.493 e. The number of hydrogen-bond donors (Lipinski definition) is 3. The Kier molecular flexibility index (Phi) is 10.8. The van der Waals surface area contributed by atoms with Crippen molar-refractivity contribution in [1.29, 1.82) is 0 Å². The number of nitro benzene ring substituents is 2. The van der Waals surface area contributed by atoms with E-state index >= 15 is 0 Å². The van der Waals surface area contributed by atoms with Crippen LogP contribution in [0.2, 0.25) is 0 Å². The summed E-state index contributed by atoms with van der Waals surface area (Å²) in [6, 6.07) is 4.57. The van der Waals surface area contributed by atoms with Crippen molar-refractivity contribution in [2.24, 2.45) is 5.73 Å². The van der Waals surface area contributed by atoms with Gasteiger partial charge >= 0.3 is 18.2 Å². The summed E-state index contributed by atoms with van der Waals surface area (Å²) in [5.41, 5.74) is 3.57. The van der Waals surface area contributed by atoms with Crippen LogP contribution < -0.4 is 30.0 Å². The van der Waals surface area contributed by atoms with Crippen LogP contribution in [-0.2, 0) is 11.3 Å². The zero-order valence-corrected chi connectivity index (χ0v) is 19.8. The van der Waals surface area contributed by atoms with Crippen LogP contribution in [0.4, 0.5) is 21.0 Å². The molecule has 4 N–H and O–H groups in total. The third-order valence-corrected chi connectivity index (χ3v) is 4.32. The number of ether oxygens (including phenoxy) is 5. The number of nitrogens with zero attached hydrogens (tertiary/aromatic N) is 2. The number of hydrogen-bond acceptors (Lipinski definition) is 12. The predicted molar refractivity (Wildman–Crippen MR) is 122 cm³/mol. The number of carbonyl (C=O) groups excluding carboxylic acids is 2. The molecule has 0 heterocycles. The third-order valence-electron chi connectivity index (χ3n) is 4.32. The Labute approximate surface area is 207 Å². The monoisotopic (exact) mass is 526 g/mol. The molecule has 0 aliphatic carbocycles. The first-order chi connectivity index (χ1) is 17.4. The van der Waals surface area contributed by atoms with Crippen LogP contribution in [0.15, 0.2) is 24.3 Å². The van der Waals surface area contributed by atoms with E-state index in [-0.39, 0.29) is 35.0 Å². The van der Waals surface area contributed by atoms with E-state index in [1.165, 1.54) is 40.6 Å². The molecule has 0 aliphatic rings. The molecule has 200 valence electrons. The Morgan fingerprint density at radius 3 is 1.68 bits per heavy atom. The van der Waals surface area contributed by atoms with E-state index in [1.807, 2.05) is 0 Å². The van der Waals surface area contributed by atoms with Crippen molar-refractivity contribution < 1.29 is 53.0 Å². The molecule has 0 atom stereocenters. The van der Waals surface area contributed by atoms with Crippen molar-refractivity contribution >= 4 is 29.5 Å². The van der Waals surface area contributed by atoms with Gasteiger partial charge in [-0.2, -0.15) is 0 Å². The van der Waals surface area contributed by atoms with Gasteiger partial charge in [0.15, 0.2) is 23.0 Å². The highest BCUT2D eigenvalue weighted by molar-refractivity contribution is 6.00. The maximum absolute atomic E-state index is 11.5. The van der Waals surface area contributed by atoms with Crippen molar-refractivity contribution in [2.45, 2.75) is 6.54 Å². The second-order valence-electron chi connectivity index (χ2n) is 6.44. The third kappa shape index (κ3) is 8.12. The molecule has 0 bridgehead atoms. The Hall–Kier alpha value is -5.35. The predicted octanol–water partition coefficient (Wildman–Crippen LogP) is 2.23. The van der Waals surface area contributed by atoms with Gasteiger partial charge in [-0.3, -0.25) is 20.2 Å². The van der Waals surface area contributed by atoms with E-state index < -0.39 is 39.3 Å². The van der Waals surface area contributed by atoms with Crippen molar-refractivity contribution in [3.05, 3.63) is 55.6 Å². The summed E-state index contributed by atoms with van der Waals surface area (Å²) in [5.74, 6) is -0.608. The lowest BCUT2D eigenvalue weighted by atomic mass is 10.1. The van der Waals surface area contributed by atoms with Gasteiger partial charge in [-0.1, -0.05) is 0 Å². The molecule has 0 aromatic heterocycles. The molecule has 0 fully saturated rings. The topological polar surface area (TPSA) is 242 Å². The molecule has 0 saturated carbocycles. The van der Waals surface area contributed by atoms with Crippen LogP contribution >= 0.6 is 0 Å². The van der Waals surface area contributed by atoms with Gasteiger partial charge in [-0.25, -0.2) is 14.4 Å². The van der Waals surface area contributed by atoms with Crippen LogP contribution in [0.25, 0.3) is 0 Å². The highest BCUT2D eigenvalue weighted by Gasteiger charge is 2.26. The summed E-state index contributed by atoms with van der Waals surface area (Å²) in [6.45, 7) is -0.188. The first-order valence-corrected chi connectivity index (χ1v) is 9.68. The molecule has 0 unspecified atom stereocenters. The van der Waals surface area contributed by atoms with Gasteiger partial charge < -0.3 is 39.8 Å². The molecular formula is C20H22N4O13. The lowest BCUT2D eigenvalue weighted by Gasteiger charge is -2.10. The number of carbonyl (C=O) groups is 3. The molecule has 2 amide bonds. The number of nitro groups is 2. The Balaban J connectivity index is 0.000000371. The number of nitrogens with two attached hydrogens (primary N) is 1. The minimum Gasteiger partial charge on any atom is -0.493 e. The molecule has 2 aromatic rings. The summed E-state index contributed by atoms with van der Waals surface area (Å²) in [6.07, 6.45) is -2.63. The van der Waals surface area contributed by atoms with Crippen LogP contribution in [0.5, 0.6) is 23.0 Å². The maximum Gasteiger partial charge on any atom is 0.412 e. The molecule has 0 spiro atoms. The summed E-state index contributed by atoms with van der Waals surface area (Å²) in [4.78, 5) is 52.7. The van der Waals surface area contributed by atoms with Crippen molar-refractivity contribution in [3.8, 4) is 23.0 Å². The van der Waals surface area contributed by atoms with E-state index in [2.05, 4.69) is 15.8 Å². The van der Waals surface area contributed by atoms with Crippen molar-refractivity contribution in [2.75, 3.05) is 28.4 Å². The van der Waals surface area contributed by atoms with E-state index in [9.17, 15) is 34.6 Å². The smallest absolute Gasteiger partial charge is 0.412 e. The molecule has 37 heavy (non-hydrogen) atoms. The summed E-state index contributed by atoms with van der Waals surface area (Å²) in [5, 5.41) is 32.3. The zero-order chi connectivity index (χ0) is 28.3. The zero-order valence-electron chi connectivity index (χ0n) is 19.8. The van der Waals surface area contributed by atoms with Gasteiger partial charge in [-0.15, -0.1) is 0 Å². The number of rotatable bonds is 9. The average Bonchev–Trinajstić information content (AvgIpc) is 2.85. The van der Waals surface area contributed by atoms with Crippen LogP contribution in [-0.4, -0.2) is 61.5 Å². The highest BCUT2D eigenvalue weighted by atomic mass is 16.6. The Bertz CT molecular complexity index is 1200. The number of methoxy groups -OCH3 is 4. The van der Waals surface area contributed by atoms with E-state index in [0.717, 1.165) is 12.1 Å². The fourth-order valence-electron chi connectivity index (χ4n) is 2.72. The Morgan fingerprint density at radius 2 is 1.27 bits per heavy atom. The minimum absolute atomic E-state index is 0.0600. The summed E-state index contributed by atoms with van der Waals surface area (Å²) in [7, 11) is 5.31. The number of carboxylic acid groups (broad SMARTS) is 1. The average molecular weight is 526 g/mol.